The molecule has 2 aliphatic rings. The van der Waals surface area contributed by atoms with Crippen molar-refractivity contribution in [3.05, 3.63) is 0 Å². The van der Waals surface area contributed by atoms with E-state index in [-0.39, 0.29) is 0 Å². The largest absolute Gasteiger partial charge is 0.367 e. The van der Waals surface area contributed by atoms with Crippen LogP contribution in [0.2, 0.25) is 0 Å². The topological polar surface area (TPSA) is 9.23 Å². The van der Waals surface area contributed by atoms with E-state index in [1.165, 1.54) is 30.1 Å². The van der Waals surface area contributed by atoms with Crippen molar-refractivity contribution in [2.24, 2.45) is 0 Å². The Morgan fingerprint density at radius 1 is 1.00 bits per heavy atom. The predicted molar refractivity (Wildman–Crippen MR) is 60.1 cm³/mol. The van der Waals surface area contributed by atoms with Crippen LogP contribution in [-0.4, -0.2) is 33.9 Å². The summed E-state index contributed by atoms with van der Waals surface area (Å²) in [5, 5.41) is 0. The monoisotopic (exact) mass is 222 g/mol. The van der Waals surface area contributed by atoms with Gasteiger partial charge in [0.2, 0.25) is 0 Å². The molecule has 1 atom stereocenters. The highest BCUT2D eigenvalue weighted by Crippen LogP contribution is 2.37. The summed E-state index contributed by atoms with van der Waals surface area (Å²) in [5.74, 6) is 3.91. The average molecular weight is 222 g/mol. The Morgan fingerprint density at radius 2 is 1.83 bits per heavy atom. The first-order chi connectivity index (χ1) is 5.95. The Balaban J connectivity index is 1.60. The first-order valence-corrected chi connectivity index (χ1v) is 7.56. The van der Waals surface area contributed by atoms with Crippen LogP contribution in [0.1, 0.15) is 12.8 Å². The Bertz CT molecular complexity index is 114. The van der Waals surface area contributed by atoms with E-state index in [0.29, 0.717) is 5.44 Å². The molecule has 0 radical (unpaired) electrons. The normalized spacial score (nSPS) is 31.5. The summed E-state index contributed by atoms with van der Waals surface area (Å²) in [4.78, 5) is 0. The highest BCUT2D eigenvalue weighted by atomic mass is 32.2. The van der Waals surface area contributed by atoms with Gasteiger partial charge in [-0.3, -0.25) is 0 Å². The van der Waals surface area contributed by atoms with Gasteiger partial charge in [0.15, 0.2) is 0 Å². The molecule has 2 aliphatic heterocycles. The van der Waals surface area contributed by atoms with Crippen molar-refractivity contribution >= 4 is 35.3 Å². The Hall–Kier alpha value is 1.01. The lowest BCUT2D eigenvalue weighted by atomic mass is 10.3. The molecule has 2 saturated heterocycles. The zero-order chi connectivity index (χ0) is 8.23. The molecule has 2 heterocycles. The predicted octanol–water partition coefficient (Wildman–Crippen LogP) is 2.66. The molecule has 12 heavy (non-hydrogen) atoms. The molecule has 0 amide bonds. The first-order valence-electron chi connectivity index (χ1n) is 4.41. The van der Waals surface area contributed by atoms with Gasteiger partial charge in [0, 0.05) is 17.3 Å². The summed E-state index contributed by atoms with van der Waals surface area (Å²) >= 11 is 6.23. The minimum Gasteiger partial charge on any atom is -0.367 e. The van der Waals surface area contributed by atoms with Crippen LogP contribution in [0.3, 0.4) is 0 Å². The zero-order valence-electron chi connectivity index (χ0n) is 7.03. The van der Waals surface area contributed by atoms with Gasteiger partial charge in [-0.05, 0) is 12.8 Å². The fourth-order valence-corrected chi connectivity index (χ4v) is 5.23. The standard InChI is InChI=1S/C8H14OS3/c1(7-9-3-4-10-7)2-8-11-5-6-12-8/h7-8H,1-6H2. The van der Waals surface area contributed by atoms with Crippen LogP contribution in [0.4, 0.5) is 0 Å². The lowest BCUT2D eigenvalue weighted by Gasteiger charge is -2.11. The van der Waals surface area contributed by atoms with Crippen molar-refractivity contribution in [1.82, 2.24) is 0 Å². The lowest BCUT2D eigenvalue weighted by Crippen LogP contribution is -2.04. The van der Waals surface area contributed by atoms with E-state index < -0.39 is 0 Å². The summed E-state index contributed by atoms with van der Waals surface area (Å²) in [7, 11) is 0. The van der Waals surface area contributed by atoms with Gasteiger partial charge in [-0.25, -0.2) is 0 Å². The van der Waals surface area contributed by atoms with Crippen LogP contribution in [0.25, 0.3) is 0 Å². The molecule has 0 aliphatic carbocycles. The maximum Gasteiger partial charge on any atom is 0.103 e. The first kappa shape index (κ1) is 9.56. The van der Waals surface area contributed by atoms with Crippen molar-refractivity contribution in [3.8, 4) is 0 Å². The molecule has 0 spiro atoms. The number of rotatable bonds is 3. The van der Waals surface area contributed by atoms with E-state index in [4.69, 9.17) is 4.74 Å². The molecule has 0 aromatic heterocycles. The number of ether oxygens (including phenoxy) is 1. The second-order valence-corrected chi connectivity index (χ2v) is 7.11. The van der Waals surface area contributed by atoms with E-state index in [2.05, 4.69) is 23.5 Å². The Labute approximate surface area is 86.8 Å². The second-order valence-electron chi connectivity index (χ2n) is 2.92. The minimum absolute atomic E-state index is 0.520. The number of hydrogen-bond donors (Lipinski definition) is 0. The van der Waals surface area contributed by atoms with Crippen molar-refractivity contribution < 1.29 is 4.74 Å². The van der Waals surface area contributed by atoms with Gasteiger partial charge in [-0.15, -0.1) is 35.3 Å². The Morgan fingerprint density at radius 3 is 2.50 bits per heavy atom. The van der Waals surface area contributed by atoms with Crippen molar-refractivity contribution in [2.75, 3.05) is 23.9 Å². The maximum absolute atomic E-state index is 5.56. The molecule has 2 rings (SSSR count). The smallest absolute Gasteiger partial charge is 0.103 e. The van der Waals surface area contributed by atoms with Crippen LogP contribution in [0, 0.1) is 0 Å². The number of hydrogen-bond acceptors (Lipinski definition) is 4. The van der Waals surface area contributed by atoms with Gasteiger partial charge in [-0.1, -0.05) is 0 Å². The van der Waals surface area contributed by atoms with E-state index in [1.54, 1.807) is 0 Å². The third-order valence-electron chi connectivity index (χ3n) is 2.02. The zero-order valence-corrected chi connectivity index (χ0v) is 9.48. The molecule has 0 aromatic rings. The summed E-state index contributed by atoms with van der Waals surface area (Å²) < 4.78 is 6.43. The van der Waals surface area contributed by atoms with E-state index in [9.17, 15) is 0 Å². The average Bonchev–Trinajstić information content (AvgIpc) is 2.74. The molecule has 70 valence electrons. The van der Waals surface area contributed by atoms with Gasteiger partial charge in [-0.2, -0.15) is 0 Å². The molecule has 0 bridgehead atoms. The summed E-state index contributed by atoms with van der Waals surface area (Å²) in [6.45, 7) is 0.973. The van der Waals surface area contributed by atoms with E-state index in [1.807, 2.05) is 11.8 Å². The SMILES string of the molecule is C1CSC(CCC2SCCS2)O1. The molecular weight excluding hydrogens is 208 g/mol. The third-order valence-corrected chi connectivity index (χ3v) is 6.34. The van der Waals surface area contributed by atoms with E-state index >= 15 is 0 Å². The van der Waals surface area contributed by atoms with E-state index in [0.717, 1.165) is 11.2 Å². The Kier molecular flexibility index (Phi) is 4.01. The van der Waals surface area contributed by atoms with Crippen LogP contribution >= 0.6 is 35.3 Å². The van der Waals surface area contributed by atoms with Crippen molar-refractivity contribution in [3.63, 3.8) is 0 Å². The molecule has 0 aromatic carbocycles. The second kappa shape index (κ2) is 5.03. The third kappa shape index (κ3) is 2.76. The molecule has 1 unspecified atom stereocenters. The molecule has 0 saturated carbocycles. The maximum atomic E-state index is 5.56. The van der Waals surface area contributed by atoms with Crippen molar-refractivity contribution in [1.29, 1.82) is 0 Å². The molecular formula is C8H14OS3. The molecule has 2 fully saturated rings. The van der Waals surface area contributed by atoms with Crippen molar-refractivity contribution in [2.45, 2.75) is 22.9 Å². The minimum atomic E-state index is 0.520. The van der Waals surface area contributed by atoms with Crippen LogP contribution < -0.4 is 0 Å². The lowest BCUT2D eigenvalue weighted by molar-refractivity contribution is 0.136. The molecule has 4 heteroatoms. The summed E-state index contributed by atoms with van der Waals surface area (Å²) in [6, 6.07) is 0. The fourth-order valence-electron chi connectivity index (χ4n) is 1.42. The van der Waals surface area contributed by atoms with Crippen LogP contribution in [0.15, 0.2) is 0 Å². The highest BCUT2D eigenvalue weighted by Gasteiger charge is 2.20. The van der Waals surface area contributed by atoms with Crippen LogP contribution in [-0.2, 0) is 4.74 Å². The highest BCUT2D eigenvalue weighted by molar-refractivity contribution is 8.20. The van der Waals surface area contributed by atoms with Gasteiger partial charge >= 0.3 is 0 Å². The van der Waals surface area contributed by atoms with Crippen LogP contribution in [0.5, 0.6) is 0 Å². The van der Waals surface area contributed by atoms with Gasteiger partial charge < -0.3 is 4.74 Å². The summed E-state index contributed by atoms with van der Waals surface area (Å²) in [5.41, 5.74) is 0.520. The quantitative estimate of drug-likeness (QED) is 0.725. The van der Waals surface area contributed by atoms with Gasteiger partial charge in [0.05, 0.1) is 11.2 Å². The van der Waals surface area contributed by atoms with Gasteiger partial charge in [0.1, 0.15) is 5.44 Å². The molecule has 1 nitrogen and oxygen atoms in total. The number of thioether (sulfide) groups is 3. The fraction of sp³-hybridized carbons (Fsp3) is 1.00. The molecule has 0 N–H and O–H groups in total. The van der Waals surface area contributed by atoms with Gasteiger partial charge in [0.25, 0.3) is 0 Å². The summed E-state index contributed by atoms with van der Waals surface area (Å²) in [6.07, 6.45) is 2.60.